The summed E-state index contributed by atoms with van der Waals surface area (Å²) in [4.78, 5) is 24.4. The average molecular weight is 396 g/mol. The lowest BCUT2D eigenvalue weighted by atomic mass is 10.3. The smallest absolute Gasteiger partial charge is 0.309 e. The minimum absolute atomic E-state index is 0.164. The van der Waals surface area contributed by atoms with E-state index < -0.39 is 26.9 Å². The Morgan fingerprint density at radius 2 is 1.77 bits per heavy atom. The normalized spacial score (nSPS) is 12.3. The summed E-state index contributed by atoms with van der Waals surface area (Å²) in [6.07, 6.45) is 0. The second kappa shape index (κ2) is 9.46. The van der Waals surface area contributed by atoms with Crippen LogP contribution in [0.1, 0.15) is 10.1 Å². The summed E-state index contributed by atoms with van der Waals surface area (Å²) in [7, 11) is -2.24. The molecule has 2 aromatic rings. The summed E-state index contributed by atoms with van der Waals surface area (Å²) < 4.78 is 30.7. The SMILES string of the molecule is COCCNC(=O)C(=O)NC[C@H](c1cccs1)S(=O)(=O)c1ccccc1. The van der Waals surface area contributed by atoms with E-state index in [4.69, 9.17) is 4.74 Å². The van der Waals surface area contributed by atoms with Gasteiger partial charge in [0, 0.05) is 25.1 Å². The molecule has 0 unspecified atom stereocenters. The standard InChI is InChI=1S/C17H20N2O5S2/c1-24-10-9-18-16(20)17(21)19-12-15(14-8-5-11-25-14)26(22,23)13-6-3-2-4-7-13/h2-8,11,15H,9-10,12H2,1H3,(H,18,20)(H,19,21)/t15-/m1/s1. The minimum Gasteiger partial charge on any atom is -0.383 e. The van der Waals surface area contributed by atoms with Crippen molar-refractivity contribution in [3.8, 4) is 0 Å². The third kappa shape index (κ3) is 5.13. The van der Waals surface area contributed by atoms with E-state index in [1.165, 1.54) is 30.6 Å². The number of methoxy groups -OCH3 is 1. The van der Waals surface area contributed by atoms with Crippen LogP contribution in [0.2, 0.25) is 0 Å². The number of carbonyl (C=O) groups is 2. The van der Waals surface area contributed by atoms with E-state index in [9.17, 15) is 18.0 Å². The molecule has 0 radical (unpaired) electrons. The van der Waals surface area contributed by atoms with Gasteiger partial charge in [-0.25, -0.2) is 8.42 Å². The molecule has 0 saturated carbocycles. The van der Waals surface area contributed by atoms with Crippen LogP contribution in [0.5, 0.6) is 0 Å². The fourth-order valence-electron chi connectivity index (χ4n) is 2.22. The highest BCUT2D eigenvalue weighted by molar-refractivity contribution is 7.91. The van der Waals surface area contributed by atoms with E-state index in [0.717, 1.165) is 0 Å². The third-order valence-corrected chi connectivity index (χ3v) is 6.79. The fourth-order valence-corrected chi connectivity index (χ4v) is 5.03. The summed E-state index contributed by atoms with van der Waals surface area (Å²) in [5, 5.41) is 5.59. The molecule has 0 fully saturated rings. The Morgan fingerprint density at radius 1 is 1.08 bits per heavy atom. The van der Waals surface area contributed by atoms with Crippen LogP contribution >= 0.6 is 11.3 Å². The van der Waals surface area contributed by atoms with Crippen molar-refractivity contribution in [1.82, 2.24) is 10.6 Å². The summed E-state index contributed by atoms with van der Waals surface area (Å²) in [6.45, 7) is 0.271. The summed E-state index contributed by atoms with van der Waals surface area (Å²) >= 11 is 1.28. The number of hydrogen-bond acceptors (Lipinski definition) is 6. The zero-order valence-electron chi connectivity index (χ0n) is 14.2. The predicted octanol–water partition coefficient (Wildman–Crippen LogP) is 1.14. The number of sulfone groups is 1. The molecular weight excluding hydrogens is 376 g/mol. The molecule has 0 aliphatic carbocycles. The van der Waals surface area contributed by atoms with Crippen molar-refractivity contribution in [1.29, 1.82) is 0 Å². The van der Waals surface area contributed by atoms with Crippen LogP contribution in [0.4, 0.5) is 0 Å². The van der Waals surface area contributed by atoms with Crippen LogP contribution < -0.4 is 10.6 Å². The molecule has 7 nitrogen and oxygen atoms in total. The first-order valence-electron chi connectivity index (χ1n) is 7.84. The van der Waals surface area contributed by atoms with Crippen molar-refractivity contribution in [3.05, 3.63) is 52.7 Å². The van der Waals surface area contributed by atoms with Crippen LogP contribution in [-0.2, 0) is 24.2 Å². The topological polar surface area (TPSA) is 102 Å². The van der Waals surface area contributed by atoms with E-state index in [0.29, 0.717) is 4.88 Å². The third-order valence-electron chi connectivity index (χ3n) is 3.55. The number of carbonyl (C=O) groups excluding carboxylic acids is 2. The van der Waals surface area contributed by atoms with Gasteiger partial charge in [0.25, 0.3) is 0 Å². The van der Waals surface area contributed by atoms with Crippen molar-refractivity contribution >= 4 is 33.0 Å². The van der Waals surface area contributed by atoms with Gasteiger partial charge in [-0.1, -0.05) is 24.3 Å². The van der Waals surface area contributed by atoms with E-state index >= 15 is 0 Å². The molecule has 1 atom stereocenters. The van der Waals surface area contributed by atoms with E-state index in [1.54, 1.807) is 35.7 Å². The lowest BCUT2D eigenvalue weighted by molar-refractivity contribution is -0.139. The number of amides is 2. The van der Waals surface area contributed by atoms with Gasteiger partial charge in [0.15, 0.2) is 9.84 Å². The molecule has 0 spiro atoms. The first-order chi connectivity index (χ1) is 12.5. The zero-order valence-corrected chi connectivity index (χ0v) is 15.8. The lowest BCUT2D eigenvalue weighted by Gasteiger charge is -2.17. The number of rotatable bonds is 8. The molecule has 1 aromatic carbocycles. The monoisotopic (exact) mass is 396 g/mol. The molecule has 1 heterocycles. The van der Waals surface area contributed by atoms with Crippen molar-refractivity contribution in [2.45, 2.75) is 10.1 Å². The number of thiophene rings is 1. The van der Waals surface area contributed by atoms with Crippen molar-refractivity contribution in [3.63, 3.8) is 0 Å². The summed E-state index contributed by atoms with van der Waals surface area (Å²) in [6, 6.07) is 11.5. The van der Waals surface area contributed by atoms with Crippen LogP contribution in [0.15, 0.2) is 52.7 Å². The molecule has 0 aliphatic rings. The van der Waals surface area contributed by atoms with Crippen molar-refractivity contribution < 1.29 is 22.7 Å². The highest BCUT2D eigenvalue weighted by Gasteiger charge is 2.31. The molecule has 9 heteroatoms. The van der Waals surface area contributed by atoms with Crippen LogP contribution in [0, 0.1) is 0 Å². The Morgan fingerprint density at radius 3 is 2.38 bits per heavy atom. The van der Waals surface area contributed by atoms with Crippen LogP contribution in [-0.4, -0.2) is 47.0 Å². The van der Waals surface area contributed by atoms with Gasteiger partial charge in [-0.3, -0.25) is 9.59 Å². The van der Waals surface area contributed by atoms with Gasteiger partial charge in [-0.05, 0) is 23.6 Å². The van der Waals surface area contributed by atoms with Gasteiger partial charge in [0.2, 0.25) is 0 Å². The Bertz CT molecular complexity index is 820. The van der Waals surface area contributed by atoms with Crippen LogP contribution in [0.25, 0.3) is 0 Å². The van der Waals surface area contributed by atoms with Gasteiger partial charge in [-0.15, -0.1) is 11.3 Å². The second-order valence-electron chi connectivity index (χ2n) is 5.32. The molecule has 2 amide bonds. The number of nitrogens with one attached hydrogen (secondary N) is 2. The molecule has 140 valence electrons. The maximum atomic E-state index is 13.0. The fraction of sp³-hybridized carbons (Fsp3) is 0.294. The van der Waals surface area contributed by atoms with E-state index in [2.05, 4.69) is 10.6 Å². The summed E-state index contributed by atoms with van der Waals surface area (Å²) in [5.74, 6) is -1.71. The molecule has 2 rings (SSSR count). The first-order valence-corrected chi connectivity index (χ1v) is 10.3. The van der Waals surface area contributed by atoms with Crippen molar-refractivity contribution in [2.75, 3.05) is 26.8 Å². The number of ether oxygens (including phenoxy) is 1. The Kier molecular flexibility index (Phi) is 7.31. The average Bonchev–Trinajstić information content (AvgIpc) is 3.16. The maximum Gasteiger partial charge on any atom is 0.309 e. The molecule has 0 bridgehead atoms. The summed E-state index contributed by atoms with van der Waals surface area (Å²) in [5.41, 5.74) is 0. The van der Waals surface area contributed by atoms with Crippen molar-refractivity contribution in [2.24, 2.45) is 0 Å². The molecule has 2 N–H and O–H groups in total. The molecule has 26 heavy (non-hydrogen) atoms. The predicted molar refractivity (Wildman–Crippen MR) is 98.6 cm³/mol. The minimum atomic E-state index is -3.72. The van der Waals surface area contributed by atoms with Gasteiger partial charge in [0.1, 0.15) is 5.25 Å². The van der Waals surface area contributed by atoms with Gasteiger partial charge in [-0.2, -0.15) is 0 Å². The zero-order chi connectivity index (χ0) is 19.0. The Balaban J connectivity index is 2.12. The second-order valence-corrected chi connectivity index (χ2v) is 8.43. The molecule has 0 saturated heterocycles. The van der Waals surface area contributed by atoms with Gasteiger partial charge >= 0.3 is 11.8 Å². The first kappa shape index (κ1) is 20.1. The molecule has 0 aliphatic heterocycles. The molecule has 1 aromatic heterocycles. The van der Waals surface area contributed by atoms with Gasteiger partial charge < -0.3 is 15.4 Å². The Labute approximate surface area is 156 Å². The quantitative estimate of drug-likeness (QED) is 0.515. The highest BCUT2D eigenvalue weighted by Crippen LogP contribution is 2.31. The van der Waals surface area contributed by atoms with E-state index in [-0.39, 0.29) is 24.6 Å². The Hall–Kier alpha value is -2.23. The van der Waals surface area contributed by atoms with Crippen LogP contribution in [0.3, 0.4) is 0 Å². The molecular formula is C17H20N2O5S2. The van der Waals surface area contributed by atoms with Gasteiger partial charge in [0.05, 0.1) is 11.5 Å². The number of hydrogen-bond donors (Lipinski definition) is 2. The van der Waals surface area contributed by atoms with E-state index in [1.807, 2.05) is 0 Å². The highest BCUT2D eigenvalue weighted by atomic mass is 32.2. The maximum absolute atomic E-state index is 13.0. The number of benzene rings is 1. The lowest BCUT2D eigenvalue weighted by Crippen LogP contribution is -2.43. The largest absolute Gasteiger partial charge is 0.383 e.